The van der Waals surface area contributed by atoms with Crippen molar-refractivity contribution in [3.63, 3.8) is 0 Å². The van der Waals surface area contributed by atoms with Gasteiger partial charge in [0.05, 0.1) is 0 Å². The van der Waals surface area contributed by atoms with E-state index in [0.29, 0.717) is 16.3 Å². The topological polar surface area (TPSA) is 75.8 Å². The maximum atomic E-state index is 12.0. The summed E-state index contributed by atoms with van der Waals surface area (Å²) in [6.07, 6.45) is 1.73. The van der Waals surface area contributed by atoms with Gasteiger partial charge in [-0.2, -0.15) is 8.42 Å². The van der Waals surface area contributed by atoms with Crippen LogP contribution in [0.4, 0.5) is 0 Å². The van der Waals surface area contributed by atoms with E-state index in [1.165, 1.54) is 0 Å². The fourth-order valence-corrected chi connectivity index (χ4v) is 4.04. The highest BCUT2D eigenvalue weighted by molar-refractivity contribution is 7.90. The quantitative estimate of drug-likeness (QED) is 0.767. The molecule has 19 heavy (non-hydrogen) atoms. The van der Waals surface area contributed by atoms with Gasteiger partial charge in [0.2, 0.25) is 0 Å². The van der Waals surface area contributed by atoms with Gasteiger partial charge >= 0.3 is 0 Å². The van der Waals surface area contributed by atoms with E-state index in [4.69, 9.17) is 5.73 Å². The number of hydrogen-bond acceptors (Lipinski definition) is 4. The average Bonchev–Trinajstić information content (AvgIpc) is 2.62. The van der Waals surface area contributed by atoms with Gasteiger partial charge in [-0.05, 0) is 31.9 Å². The SMILES string of the molecule is CC1CC(N)CCN1C1=NS(=O)(=O)c2ccccc21. The Balaban J connectivity index is 2.03. The molecule has 2 heterocycles. The van der Waals surface area contributed by atoms with E-state index in [9.17, 15) is 8.42 Å². The molecule has 0 amide bonds. The van der Waals surface area contributed by atoms with Crippen LogP contribution in [0.25, 0.3) is 0 Å². The maximum Gasteiger partial charge on any atom is 0.285 e. The Morgan fingerprint density at radius 3 is 2.84 bits per heavy atom. The smallest absolute Gasteiger partial charge is 0.285 e. The van der Waals surface area contributed by atoms with Crippen LogP contribution in [0.1, 0.15) is 25.3 Å². The first kappa shape index (κ1) is 12.6. The molecular formula is C13H17N3O2S. The van der Waals surface area contributed by atoms with Gasteiger partial charge in [0, 0.05) is 24.2 Å². The number of nitrogens with zero attached hydrogens (tertiary/aromatic N) is 2. The third-order valence-electron chi connectivity index (χ3n) is 3.80. The third-order valence-corrected chi connectivity index (χ3v) is 5.13. The monoisotopic (exact) mass is 279 g/mol. The van der Waals surface area contributed by atoms with Gasteiger partial charge in [-0.25, -0.2) is 0 Å². The second kappa shape index (κ2) is 4.31. The lowest BCUT2D eigenvalue weighted by molar-refractivity contribution is 0.237. The van der Waals surface area contributed by atoms with Crippen molar-refractivity contribution in [1.29, 1.82) is 0 Å². The zero-order valence-corrected chi connectivity index (χ0v) is 11.6. The van der Waals surface area contributed by atoms with Gasteiger partial charge in [0.15, 0.2) is 5.84 Å². The normalized spacial score (nSPS) is 28.9. The van der Waals surface area contributed by atoms with Crippen LogP contribution in [-0.2, 0) is 10.0 Å². The zero-order chi connectivity index (χ0) is 13.6. The van der Waals surface area contributed by atoms with Crippen LogP contribution in [0.3, 0.4) is 0 Å². The van der Waals surface area contributed by atoms with E-state index in [0.717, 1.165) is 19.4 Å². The van der Waals surface area contributed by atoms with E-state index in [1.54, 1.807) is 12.1 Å². The number of fused-ring (bicyclic) bond motifs is 1. The van der Waals surface area contributed by atoms with E-state index in [1.807, 2.05) is 12.1 Å². The zero-order valence-electron chi connectivity index (χ0n) is 10.8. The second-order valence-electron chi connectivity index (χ2n) is 5.21. The molecule has 1 aromatic carbocycles. The van der Waals surface area contributed by atoms with Gasteiger partial charge < -0.3 is 10.6 Å². The van der Waals surface area contributed by atoms with Gasteiger partial charge in [-0.3, -0.25) is 0 Å². The van der Waals surface area contributed by atoms with E-state index < -0.39 is 10.0 Å². The highest BCUT2D eigenvalue weighted by Crippen LogP contribution is 2.30. The second-order valence-corrected chi connectivity index (χ2v) is 6.79. The Bertz CT molecular complexity index is 639. The third kappa shape index (κ3) is 2.04. The molecule has 0 aromatic heterocycles. The predicted octanol–water partition coefficient (Wildman–Crippen LogP) is 0.947. The summed E-state index contributed by atoms with van der Waals surface area (Å²) >= 11 is 0. The highest BCUT2D eigenvalue weighted by atomic mass is 32.2. The molecule has 0 bridgehead atoms. The summed E-state index contributed by atoms with van der Waals surface area (Å²) in [5.41, 5.74) is 6.66. The van der Waals surface area contributed by atoms with Crippen molar-refractivity contribution in [3.8, 4) is 0 Å². The summed E-state index contributed by atoms with van der Waals surface area (Å²) in [4.78, 5) is 2.37. The molecule has 1 aromatic rings. The molecule has 5 nitrogen and oxygen atoms in total. The molecule has 1 fully saturated rings. The summed E-state index contributed by atoms with van der Waals surface area (Å²) in [5, 5.41) is 0. The van der Waals surface area contributed by atoms with Crippen LogP contribution < -0.4 is 5.73 Å². The number of hydrogen-bond donors (Lipinski definition) is 1. The average molecular weight is 279 g/mol. The van der Waals surface area contributed by atoms with Crippen LogP contribution >= 0.6 is 0 Å². The Morgan fingerprint density at radius 2 is 2.11 bits per heavy atom. The summed E-state index contributed by atoms with van der Waals surface area (Å²) in [5.74, 6) is 0.579. The summed E-state index contributed by atoms with van der Waals surface area (Å²) in [7, 11) is -3.53. The Kier molecular flexibility index (Phi) is 2.87. The fourth-order valence-electron chi connectivity index (χ4n) is 2.82. The number of rotatable bonds is 0. The molecule has 102 valence electrons. The number of nitrogens with two attached hydrogens (primary N) is 1. The highest BCUT2D eigenvalue weighted by Gasteiger charge is 2.35. The minimum atomic E-state index is -3.53. The van der Waals surface area contributed by atoms with Crippen molar-refractivity contribution < 1.29 is 8.42 Å². The van der Waals surface area contributed by atoms with Crippen LogP contribution in [0.15, 0.2) is 33.6 Å². The maximum absolute atomic E-state index is 12.0. The molecule has 2 N–H and O–H groups in total. The minimum Gasteiger partial charge on any atom is -0.353 e. The van der Waals surface area contributed by atoms with Crippen molar-refractivity contribution in [1.82, 2.24) is 4.90 Å². The van der Waals surface area contributed by atoms with Gasteiger partial charge in [-0.1, -0.05) is 12.1 Å². The van der Waals surface area contributed by atoms with Crippen molar-refractivity contribution in [3.05, 3.63) is 29.8 Å². The number of sulfonamides is 1. The van der Waals surface area contributed by atoms with Crippen LogP contribution in [0, 0.1) is 0 Å². The summed E-state index contributed by atoms with van der Waals surface area (Å²) in [6, 6.07) is 7.41. The molecule has 1 saturated heterocycles. The molecule has 0 spiro atoms. The van der Waals surface area contributed by atoms with E-state index in [2.05, 4.69) is 16.2 Å². The lowest BCUT2D eigenvalue weighted by Crippen LogP contribution is -2.48. The first-order chi connectivity index (χ1) is 8.99. The molecule has 0 aliphatic carbocycles. The summed E-state index contributed by atoms with van der Waals surface area (Å²) in [6.45, 7) is 2.82. The standard InChI is InChI=1S/C13H17N3O2S/c1-9-8-10(14)6-7-16(9)13-11-4-2-3-5-12(11)19(17,18)15-13/h2-5,9-10H,6-8,14H2,1H3. The number of piperidine rings is 1. The first-order valence-electron chi connectivity index (χ1n) is 6.45. The molecule has 0 saturated carbocycles. The van der Waals surface area contributed by atoms with E-state index >= 15 is 0 Å². The molecule has 6 heteroatoms. The molecule has 2 aliphatic heterocycles. The van der Waals surface area contributed by atoms with Crippen molar-refractivity contribution in [2.75, 3.05) is 6.54 Å². The molecule has 3 rings (SSSR count). The lowest BCUT2D eigenvalue weighted by Gasteiger charge is -2.37. The predicted molar refractivity (Wildman–Crippen MR) is 73.5 cm³/mol. The molecule has 2 atom stereocenters. The Hall–Kier alpha value is -1.40. The van der Waals surface area contributed by atoms with Crippen molar-refractivity contribution in [2.45, 2.75) is 36.7 Å². The molecular weight excluding hydrogens is 262 g/mol. The lowest BCUT2D eigenvalue weighted by atomic mass is 9.98. The number of likely N-dealkylation sites (tertiary alicyclic amines) is 1. The van der Waals surface area contributed by atoms with Gasteiger partial charge in [0.1, 0.15) is 4.90 Å². The largest absolute Gasteiger partial charge is 0.353 e. The van der Waals surface area contributed by atoms with Crippen LogP contribution in [0.5, 0.6) is 0 Å². The van der Waals surface area contributed by atoms with E-state index in [-0.39, 0.29) is 12.1 Å². The first-order valence-corrected chi connectivity index (χ1v) is 7.89. The van der Waals surface area contributed by atoms with Crippen molar-refractivity contribution >= 4 is 15.9 Å². The molecule has 2 unspecified atom stereocenters. The minimum absolute atomic E-state index is 0.195. The number of benzene rings is 1. The molecule has 2 aliphatic rings. The Morgan fingerprint density at radius 1 is 1.37 bits per heavy atom. The van der Waals surface area contributed by atoms with Crippen LogP contribution in [0.2, 0.25) is 0 Å². The summed E-state index contributed by atoms with van der Waals surface area (Å²) < 4.78 is 28.0. The number of amidine groups is 1. The van der Waals surface area contributed by atoms with Gasteiger partial charge in [0.25, 0.3) is 10.0 Å². The molecule has 0 radical (unpaired) electrons. The van der Waals surface area contributed by atoms with Crippen molar-refractivity contribution in [2.24, 2.45) is 10.1 Å². The Labute approximate surface area is 113 Å². The fraction of sp³-hybridized carbons (Fsp3) is 0.462. The van der Waals surface area contributed by atoms with Gasteiger partial charge in [-0.15, -0.1) is 4.40 Å². The van der Waals surface area contributed by atoms with Crippen LogP contribution in [-0.4, -0.2) is 37.8 Å².